The van der Waals surface area contributed by atoms with E-state index in [-0.39, 0.29) is 31.2 Å². The molecule has 2 heterocycles. The van der Waals surface area contributed by atoms with Gasteiger partial charge in [0.1, 0.15) is 12.4 Å². The first-order valence-corrected chi connectivity index (χ1v) is 6.77. The lowest BCUT2D eigenvalue weighted by Gasteiger charge is -2.42. The van der Waals surface area contributed by atoms with Gasteiger partial charge in [-0.15, -0.1) is 12.4 Å². The summed E-state index contributed by atoms with van der Waals surface area (Å²) in [4.78, 5) is 19.6. The summed E-state index contributed by atoms with van der Waals surface area (Å²) >= 11 is 0. The quantitative estimate of drug-likeness (QED) is 0.817. The van der Waals surface area contributed by atoms with Crippen molar-refractivity contribution in [2.45, 2.75) is 31.6 Å². The van der Waals surface area contributed by atoms with Crippen LogP contribution >= 0.6 is 12.4 Å². The molecule has 1 amide bonds. The van der Waals surface area contributed by atoms with E-state index in [1.165, 1.54) is 12.4 Å². The monoisotopic (exact) mass is 340 g/mol. The van der Waals surface area contributed by atoms with E-state index in [9.17, 15) is 18.0 Å². The van der Waals surface area contributed by atoms with Gasteiger partial charge in [0.2, 0.25) is 5.91 Å². The first-order chi connectivity index (χ1) is 9.76. The SMILES string of the molecule is CN(C)C1CN(C(=O)CCc2nccn2CC(F)(F)F)C1.Cl. The predicted octanol–water partition coefficient (Wildman–Crippen LogP) is 1.57. The highest BCUT2D eigenvalue weighted by Gasteiger charge is 2.32. The fourth-order valence-electron chi connectivity index (χ4n) is 2.27. The van der Waals surface area contributed by atoms with Crippen molar-refractivity contribution in [3.8, 4) is 0 Å². The standard InChI is InChI=1S/C13H19F3N4O.ClH/c1-18(2)10-7-20(8-10)12(21)4-3-11-17-5-6-19(11)9-13(14,15)16;/h5-6,10H,3-4,7-9H2,1-2H3;1H. The Labute approximate surface area is 133 Å². The molecule has 0 spiro atoms. The van der Waals surface area contributed by atoms with Crippen LogP contribution in [0.3, 0.4) is 0 Å². The summed E-state index contributed by atoms with van der Waals surface area (Å²) in [6, 6.07) is 0.376. The number of likely N-dealkylation sites (N-methyl/N-ethyl adjacent to an activating group) is 1. The molecule has 0 N–H and O–H groups in total. The topological polar surface area (TPSA) is 41.4 Å². The van der Waals surface area contributed by atoms with Gasteiger partial charge >= 0.3 is 6.18 Å². The van der Waals surface area contributed by atoms with E-state index in [2.05, 4.69) is 9.88 Å². The second-order valence-electron chi connectivity index (χ2n) is 5.50. The Morgan fingerprint density at radius 1 is 1.41 bits per heavy atom. The van der Waals surface area contributed by atoms with Gasteiger partial charge in [0.25, 0.3) is 0 Å². The Kier molecular flexibility index (Phi) is 6.25. The molecule has 1 aromatic rings. The maximum atomic E-state index is 12.4. The molecule has 126 valence electrons. The Balaban J connectivity index is 0.00000242. The van der Waals surface area contributed by atoms with Gasteiger partial charge in [0, 0.05) is 44.4 Å². The molecule has 0 saturated carbocycles. The third kappa shape index (κ3) is 4.88. The molecule has 1 aliphatic heterocycles. The Bertz CT molecular complexity index is 498. The van der Waals surface area contributed by atoms with Crippen molar-refractivity contribution in [1.29, 1.82) is 0 Å². The second-order valence-corrected chi connectivity index (χ2v) is 5.50. The fraction of sp³-hybridized carbons (Fsp3) is 0.692. The third-order valence-corrected chi connectivity index (χ3v) is 3.66. The molecule has 2 rings (SSSR count). The van der Waals surface area contributed by atoms with Gasteiger partial charge in [0.15, 0.2) is 0 Å². The number of aromatic nitrogens is 2. The molecule has 9 heteroatoms. The molecule has 0 radical (unpaired) electrons. The lowest BCUT2D eigenvalue weighted by Crippen LogP contribution is -2.59. The molecular formula is C13H20ClF3N4O. The lowest BCUT2D eigenvalue weighted by molar-refractivity contribution is -0.141. The number of aryl methyl sites for hydroxylation is 1. The van der Waals surface area contributed by atoms with Gasteiger partial charge in [-0.25, -0.2) is 4.98 Å². The summed E-state index contributed by atoms with van der Waals surface area (Å²) in [5.74, 6) is 0.264. The number of hydrogen-bond donors (Lipinski definition) is 0. The molecular weight excluding hydrogens is 321 g/mol. The molecule has 0 unspecified atom stereocenters. The molecule has 0 bridgehead atoms. The first-order valence-electron chi connectivity index (χ1n) is 6.77. The first kappa shape index (κ1) is 18.8. The van der Waals surface area contributed by atoms with Crippen molar-refractivity contribution in [3.63, 3.8) is 0 Å². The van der Waals surface area contributed by atoms with Crippen LogP contribution in [0, 0.1) is 0 Å². The van der Waals surface area contributed by atoms with Crippen molar-refractivity contribution in [2.24, 2.45) is 0 Å². The summed E-state index contributed by atoms with van der Waals surface area (Å²) in [5.41, 5.74) is 0. The van der Waals surface area contributed by atoms with Crippen LogP contribution in [0.2, 0.25) is 0 Å². The number of nitrogens with zero attached hydrogens (tertiary/aromatic N) is 4. The van der Waals surface area contributed by atoms with Crippen LogP contribution in [-0.4, -0.2) is 64.7 Å². The van der Waals surface area contributed by atoms with E-state index < -0.39 is 12.7 Å². The van der Waals surface area contributed by atoms with E-state index in [1.54, 1.807) is 4.90 Å². The highest BCUT2D eigenvalue weighted by atomic mass is 35.5. The number of amides is 1. The summed E-state index contributed by atoms with van der Waals surface area (Å²) in [7, 11) is 3.92. The minimum atomic E-state index is -4.28. The van der Waals surface area contributed by atoms with Crippen LogP contribution in [0.1, 0.15) is 12.2 Å². The average molecular weight is 341 g/mol. The van der Waals surface area contributed by atoms with E-state index in [1.807, 2.05) is 14.1 Å². The van der Waals surface area contributed by atoms with Gasteiger partial charge in [-0.2, -0.15) is 13.2 Å². The fourth-order valence-corrected chi connectivity index (χ4v) is 2.27. The van der Waals surface area contributed by atoms with Gasteiger partial charge in [-0.05, 0) is 14.1 Å². The number of hydrogen-bond acceptors (Lipinski definition) is 3. The number of imidazole rings is 1. The molecule has 1 aliphatic rings. The summed E-state index contributed by atoms with van der Waals surface area (Å²) in [5, 5.41) is 0. The maximum absolute atomic E-state index is 12.4. The van der Waals surface area contributed by atoms with Gasteiger partial charge in [0.05, 0.1) is 0 Å². The summed E-state index contributed by atoms with van der Waals surface area (Å²) in [6.45, 7) is 0.300. The zero-order valence-corrected chi connectivity index (χ0v) is 13.3. The van der Waals surface area contributed by atoms with Crippen LogP contribution in [0.25, 0.3) is 0 Å². The summed E-state index contributed by atoms with van der Waals surface area (Å²) < 4.78 is 38.2. The Hall–Kier alpha value is -1.28. The molecule has 0 aliphatic carbocycles. The largest absolute Gasteiger partial charge is 0.406 e. The Morgan fingerprint density at radius 3 is 2.59 bits per heavy atom. The van der Waals surface area contributed by atoms with E-state index in [0.717, 1.165) is 4.57 Å². The number of carbonyl (C=O) groups is 1. The number of alkyl halides is 3. The van der Waals surface area contributed by atoms with Crippen LogP contribution in [0.4, 0.5) is 13.2 Å². The normalized spacial score (nSPS) is 15.6. The molecule has 1 fully saturated rings. The van der Waals surface area contributed by atoms with Crippen molar-refractivity contribution in [3.05, 3.63) is 18.2 Å². The van der Waals surface area contributed by atoms with Crippen molar-refractivity contribution >= 4 is 18.3 Å². The predicted molar refractivity (Wildman–Crippen MR) is 77.9 cm³/mol. The second kappa shape index (κ2) is 7.32. The van der Waals surface area contributed by atoms with Crippen molar-refractivity contribution < 1.29 is 18.0 Å². The highest BCUT2D eigenvalue weighted by molar-refractivity contribution is 5.85. The maximum Gasteiger partial charge on any atom is 0.406 e. The van der Waals surface area contributed by atoms with Crippen LogP contribution in [-0.2, 0) is 17.8 Å². The highest BCUT2D eigenvalue weighted by Crippen LogP contribution is 2.19. The smallest absolute Gasteiger partial charge is 0.339 e. The van der Waals surface area contributed by atoms with E-state index >= 15 is 0 Å². The van der Waals surface area contributed by atoms with Crippen LogP contribution in [0.5, 0.6) is 0 Å². The molecule has 0 atom stereocenters. The molecule has 1 aromatic heterocycles. The molecule has 1 saturated heterocycles. The number of halogens is 4. The van der Waals surface area contributed by atoms with Crippen LogP contribution in [0.15, 0.2) is 12.4 Å². The number of rotatable bonds is 5. The molecule has 22 heavy (non-hydrogen) atoms. The molecule has 0 aromatic carbocycles. The van der Waals surface area contributed by atoms with Gasteiger partial charge < -0.3 is 14.4 Å². The van der Waals surface area contributed by atoms with Crippen molar-refractivity contribution in [1.82, 2.24) is 19.4 Å². The third-order valence-electron chi connectivity index (χ3n) is 3.66. The van der Waals surface area contributed by atoms with Gasteiger partial charge in [-0.1, -0.05) is 0 Å². The minimum Gasteiger partial charge on any atom is -0.339 e. The van der Waals surface area contributed by atoms with Crippen molar-refractivity contribution in [2.75, 3.05) is 27.2 Å². The van der Waals surface area contributed by atoms with E-state index in [0.29, 0.717) is 25.0 Å². The number of carbonyl (C=O) groups excluding carboxylic acids is 1. The zero-order valence-electron chi connectivity index (χ0n) is 12.5. The summed E-state index contributed by atoms with van der Waals surface area (Å²) in [6.07, 6.45) is -1.24. The van der Waals surface area contributed by atoms with E-state index in [4.69, 9.17) is 0 Å². The van der Waals surface area contributed by atoms with Crippen LogP contribution < -0.4 is 0 Å². The van der Waals surface area contributed by atoms with Gasteiger partial charge in [-0.3, -0.25) is 4.79 Å². The number of likely N-dealkylation sites (tertiary alicyclic amines) is 1. The zero-order chi connectivity index (χ0) is 15.6. The average Bonchev–Trinajstić information content (AvgIpc) is 2.68. The lowest BCUT2D eigenvalue weighted by atomic mass is 10.1. The Morgan fingerprint density at radius 2 is 2.05 bits per heavy atom. The minimum absolute atomic E-state index is 0. The molecule has 5 nitrogen and oxygen atoms in total.